The molecular formula is C24H31ClO3. The first-order chi connectivity index (χ1) is 13.3. The van der Waals surface area contributed by atoms with Gasteiger partial charge in [-0.05, 0) is 67.9 Å². The highest BCUT2D eigenvalue weighted by atomic mass is 35.5. The minimum absolute atomic E-state index is 0.0989. The van der Waals surface area contributed by atoms with Gasteiger partial charge in [-0.15, -0.1) is 0 Å². The fourth-order valence-electron chi connectivity index (χ4n) is 4.85. The topological polar surface area (TPSA) is 46.5 Å². The van der Waals surface area contributed by atoms with Crippen LogP contribution in [-0.2, 0) is 14.9 Å². The summed E-state index contributed by atoms with van der Waals surface area (Å²) in [5.74, 6) is 0.365. The number of carboxylic acids is 1. The van der Waals surface area contributed by atoms with Crippen LogP contribution in [0.25, 0.3) is 0 Å². The minimum Gasteiger partial charge on any atom is -0.478 e. The molecule has 3 atom stereocenters. The van der Waals surface area contributed by atoms with E-state index in [4.69, 9.17) is 16.3 Å². The average molecular weight is 403 g/mol. The Bertz CT molecular complexity index is 759. The number of halogens is 1. The van der Waals surface area contributed by atoms with Crippen molar-refractivity contribution in [2.45, 2.75) is 70.3 Å². The van der Waals surface area contributed by atoms with Crippen LogP contribution < -0.4 is 0 Å². The molecule has 3 nitrogen and oxygen atoms in total. The van der Waals surface area contributed by atoms with Crippen molar-refractivity contribution in [2.24, 2.45) is 11.8 Å². The van der Waals surface area contributed by atoms with Gasteiger partial charge in [-0.3, -0.25) is 0 Å². The second kappa shape index (κ2) is 8.32. The third kappa shape index (κ3) is 4.00. The maximum absolute atomic E-state index is 11.6. The van der Waals surface area contributed by atoms with Crippen LogP contribution in [0.15, 0.2) is 48.3 Å². The molecule has 1 fully saturated rings. The van der Waals surface area contributed by atoms with E-state index in [1.807, 2.05) is 25.1 Å². The summed E-state index contributed by atoms with van der Waals surface area (Å²) < 4.78 is 5.91. The number of ether oxygens (including phenoxy) is 1. The molecule has 0 radical (unpaired) electrons. The van der Waals surface area contributed by atoms with Crippen molar-refractivity contribution in [1.29, 1.82) is 0 Å². The van der Waals surface area contributed by atoms with Crippen LogP contribution in [0, 0.1) is 11.8 Å². The smallest absolute Gasteiger partial charge is 0.347 e. The van der Waals surface area contributed by atoms with Gasteiger partial charge < -0.3 is 9.84 Å². The SMILES string of the molecule is CCC(C)(OC1=CC(C)C(C2(c3ccc(Cl)cc3)CCCCC2)C=C1)C(=O)O. The van der Waals surface area contributed by atoms with E-state index in [1.165, 1.54) is 37.7 Å². The molecule has 0 saturated heterocycles. The molecule has 1 N–H and O–H groups in total. The molecule has 152 valence electrons. The number of hydrogen-bond acceptors (Lipinski definition) is 2. The van der Waals surface area contributed by atoms with E-state index in [2.05, 4.69) is 31.2 Å². The molecule has 1 aromatic rings. The van der Waals surface area contributed by atoms with Crippen molar-refractivity contribution in [3.8, 4) is 0 Å². The van der Waals surface area contributed by atoms with Crippen molar-refractivity contribution < 1.29 is 14.6 Å². The van der Waals surface area contributed by atoms with Gasteiger partial charge in [-0.25, -0.2) is 4.79 Å². The molecule has 0 amide bonds. The lowest BCUT2D eigenvalue weighted by Crippen LogP contribution is -2.41. The van der Waals surface area contributed by atoms with Crippen LogP contribution in [0.5, 0.6) is 0 Å². The van der Waals surface area contributed by atoms with E-state index in [9.17, 15) is 9.90 Å². The van der Waals surface area contributed by atoms with E-state index >= 15 is 0 Å². The molecule has 4 heteroatoms. The fourth-order valence-corrected chi connectivity index (χ4v) is 4.98. The van der Waals surface area contributed by atoms with Gasteiger partial charge in [-0.1, -0.05) is 62.9 Å². The molecule has 28 heavy (non-hydrogen) atoms. The van der Waals surface area contributed by atoms with Gasteiger partial charge in [0.1, 0.15) is 5.76 Å². The Morgan fingerprint density at radius 3 is 2.43 bits per heavy atom. The van der Waals surface area contributed by atoms with Gasteiger partial charge in [0.2, 0.25) is 5.60 Å². The first kappa shape index (κ1) is 21.0. The predicted molar refractivity (Wildman–Crippen MR) is 114 cm³/mol. The molecule has 0 spiro atoms. The van der Waals surface area contributed by atoms with Crippen LogP contribution in [0.1, 0.15) is 64.9 Å². The van der Waals surface area contributed by atoms with E-state index in [1.54, 1.807) is 6.92 Å². The van der Waals surface area contributed by atoms with Gasteiger partial charge in [0.25, 0.3) is 0 Å². The Labute approximate surface area is 173 Å². The summed E-state index contributed by atoms with van der Waals surface area (Å²) >= 11 is 6.14. The van der Waals surface area contributed by atoms with Gasteiger partial charge in [0, 0.05) is 10.4 Å². The summed E-state index contributed by atoms with van der Waals surface area (Å²) in [6, 6.07) is 8.35. The van der Waals surface area contributed by atoms with E-state index < -0.39 is 11.6 Å². The van der Waals surface area contributed by atoms with Crippen molar-refractivity contribution in [3.63, 3.8) is 0 Å². The maximum atomic E-state index is 11.6. The summed E-state index contributed by atoms with van der Waals surface area (Å²) in [6.45, 7) is 5.69. The summed E-state index contributed by atoms with van der Waals surface area (Å²) in [5, 5.41) is 10.3. The standard InChI is InChI=1S/C24H31ClO3/c1-4-23(3,22(26)27)28-20-12-13-21(17(2)16-20)24(14-6-5-7-15-24)18-8-10-19(25)11-9-18/h8-13,16-17,21H,4-7,14-15H2,1-3H3,(H,26,27). The van der Waals surface area contributed by atoms with Crippen LogP contribution in [-0.4, -0.2) is 16.7 Å². The van der Waals surface area contributed by atoms with E-state index in [0.29, 0.717) is 18.1 Å². The zero-order valence-electron chi connectivity index (χ0n) is 17.1. The number of hydrogen-bond donors (Lipinski definition) is 1. The van der Waals surface area contributed by atoms with Crippen molar-refractivity contribution in [3.05, 3.63) is 58.8 Å². The number of allylic oxidation sites excluding steroid dienone is 3. The van der Waals surface area contributed by atoms with Crippen molar-refractivity contribution in [2.75, 3.05) is 0 Å². The highest BCUT2D eigenvalue weighted by Gasteiger charge is 2.43. The summed E-state index contributed by atoms with van der Waals surface area (Å²) in [6.07, 6.45) is 12.8. The maximum Gasteiger partial charge on any atom is 0.347 e. The normalized spacial score (nSPS) is 26.2. The monoisotopic (exact) mass is 402 g/mol. The third-order valence-electron chi connectivity index (χ3n) is 6.73. The van der Waals surface area contributed by atoms with Crippen LogP contribution >= 0.6 is 11.6 Å². The Morgan fingerprint density at radius 1 is 1.25 bits per heavy atom. The highest BCUT2D eigenvalue weighted by molar-refractivity contribution is 6.30. The molecule has 3 rings (SSSR count). The Hall–Kier alpha value is -1.74. The lowest BCUT2D eigenvalue weighted by Gasteiger charge is -2.46. The zero-order chi connectivity index (χ0) is 20.4. The Morgan fingerprint density at radius 2 is 1.89 bits per heavy atom. The van der Waals surface area contributed by atoms with Gasteiger partial charge >= 0.3 is 5.97 Å². The molecule has 0 bridgehead atoms. The van der Waals surface area contributed by atoms with Crippen LogP contribution in [0.4, 0.5) is 0 Å². The molecular weight excluding hydrogens is 372 g/mol. The zero-order valence-corrected chi connectivity index (χ0v) is 17.8. The average Bonchev–Trinajstić information content (AvgIpc) is 2.69. The van der Waals surface area contributed by atoms with Crippen LogP contribution in [0.2, 0.25) is 5.02 Å². The lowest BCUT2D eigenvalue weighted by atomic mass is 9.58. The van der Waals surface area contributed by atoms with Crippen LogP contribution in [0.3, 0.4) is 0 Å². The highest BCUT2D eigenvalue weighted by Crippen LogP contribution is 2.50. The predicted octanol–water partition coefficient (Wildman–Crippen LogP) is 6.52. The second-order valence-corrected chi connectivity index (χ2v) is 8.96. The largest absolute Gasteiger partial charge is 0.478 e. The van der Waals surface area contributed by atoms with Crippen molar-refractivity contribution in [1.82, 2.24) is 0 Å². The summed E-state index contributed by atoms with van der Waals surface area (Å²) in [4.78, 5) is 11.6. The third-order valence-corrected chi connectivity index (χ3v) is 6.99. The molecule has 1 aromatic carbocycles. The number of aliphatic carboxylic acids is 1. The van der Waals surface area contributed by atoms with Gasteiger partial charge in [-0.2, -0.15) is 0 Å². The minimum atomic E-state index is -1.19. The van der Waals surface area contributed by atoms with E-state index in [0.717, 1.165) is 5.02 Å². The summed E-state index contributed by atoms with van der Waals surface area (Å²) in [5.41, 5.74) is 0.267. The fraction of sp³-hybridized carbons (Fsp3) is 0.542. The van der Waals surface area contributed by atoms with Crippen molar-refractivity contribution >= 4 is 17.6 Å². The molecule has 0 aliphatic heterocycles. The molecule has 2 aliphatic carbocycles. The number of carboxylic acid groups (broad SMARTS) is 1. The Balaban J connectivity index is 1.88. The van der Waals surface area contributed by atoms with Gasteiger partial charge in [0.15, 0.2) is 0 Å². The first-order valence-electron chi connectivity index (χ1n) is 10.4. The number of carbonyl (C=O) groups is 1. The molecule has 3 unspecified atom stereocenters. The summed E-state index contributed by atoms with van der Waals surface area (Å²) in [7, 11) is 0. The molecule has 1 saturated carbocycles. The Kier molecular flexibility index (Phi) is 6.24. The lowest BCUT2D eigenvalue weighted by molar-refractivity contribution is -0.158. The quantitative estimate of drug-likeness (QED) is 0.589. The molecule has 0 heterocycles. The van der Waals surface area contributed by atoms with Gasteiger partial charge in [0.05, 0.1) is 0 Å². The number of rotatable bonds is 6. The number of benzene rings is 1. The second-order valence-electron chi connectivity index (χ2n) is 8.53. The first-order valence-corrected chi connectivity index (χ1v) is 10.8. The molecule has 2 aliphatic rings. The van der Waals surface area contributed by atoms with E-state index in [-0.39, 0.29) is 11.3 Å². The molecule has 0 aromatic heterocycles.